The highest BCUT2D eigenvalue weighted by molar-refractivity contribution is 9.11. The highest BCUT2D eigenvalue weighted by Gasteiger charge is 2.39. The molecule has 2 N–H and O–H groups in total. The van der Waals surface area contributed by atoms with Crippen LogP contribution < -0.4 is 5.73 Å². The zero-order valence-corrected chi connectivity index (χ0v) is 12.5. The second kappa shape index (κ2) is 4.59. The maximum Gasteiger partial charge on any atom is 0.145 e. The largest absolute Gasteiger partial charge is 0.325 e. The number of hydrogen-bond acceptors (Lipinski definition) is 3. The Hall–Kier alpha value is -0.190. The van der Waals surface area contributed by atoms with Gasteiger partial charge in [-0.2, -0.15) is 0 Å². The molecule has 4 heteroatoms. The summed E-state index contributed by atoms with van der Waals surface area (Å²) in [4.78, 5) is 13.3. The van der Waals surface area contributed by atoms with Crippen LogP contribution in [0.1, 0.15) is 32.6 Å². The third kappa shape index (κ3) is 2.93. The van der Waals surface area contributed by atoms with E-state index in [1.807, 2.05) is 39.8 Å². The molecule has 0 unspecified atom stereocenters. The molecule has 0 bridgehead atoms. The fourth-order valence-electron chi connectivity index (χ4n) is 1.19. The monoisotopic (exact) mass is 303 g/mol. The smallest absolute Gasteiger partial charge is 0.145 e. The summed E-state index contributed by atoms with van der Waals surface area (Å²) in [5, 5.41) is 0. The van der Waals surface area contributed by atoms with Gasteiger partial charge in [0.25, 0.3) is 0 Å². The van der Waals surface area contributed by atoms with E-state index in [4.69, 9.17) is 5.73 Å². The second-order valence-electron chi connectivity index (χ2n) is 5.15. The van der Waals surface area contributed by atoms with Gasteiger partial charge in [0, 0.05) is 22.3 Å². The maximum atomic E-state index is 12.2. The van der Waals surface area contributed by atoms with Crippen LogP contribution in [0.15, 0.2) is 15.9 Å². The third-order valence-corrected chi connectivity index (χ3v) is 4.90. The zero-order chi connectivity index (χ0) is 12.6. The average molecular weight is 304 g/mol. The predicted molar refractivity (Wildman–Crippen MR) is 72.8 cm³/mol. The molecule has 1 aromatic rings. The zero-order valence-electron chi connectivity index (χ0n) is 10.1. The fourth-order valence-corrected chi connectivity index (χ4v) is 2.67. The van der Waals surface area contributed by atoms with E-state index in [2.05, 4.69) is 15.9 Å². The number of nitrogens with two attached hydrogens (primary N) is 1. The van der Waals surface area contributed by atoms with Gasteiger partial charge < -0.3 is 5.73 Å². The lowest BCUT2D eigenvalue weighted by atomic mass is 9.71. The number of ketones is 1. The molecule has 0 saturated carbocycles. The van der Waals surface area contributed by atoms with E-state index in [1.54, 1.807) is 11.3 Å². The summed E-state index contributed by atoms with van der Waals surface area (Å²) in [5.74, 6) is 0.189. The van der Waals surface area contributed by atoms with E-state index in [1.165, 1.54) is 0 Å². The Bertz CT molecular complexity index is 390. The van der Waals surface area contributed by atoms with Crippen molar-refractivity contribution in [1.29, 1.82) is 0 Å². The average Bonchev–Trinajstić information content (AvgIpc) is 2.49. The highest BCUT2D eigenvalue weighted by Crippen LogP contribution is 2.32. The number of Topliss-reactive ketones (excluding diaryl/α,β-unsaturated/α-hetero) is 1. The molecule has 0 amide bonds. The first-order chi connectivity index (χ1) is 7.14. The van der Waals surface area contributed by atoms with Crippen LogP contribution in [0.2, 0.25) is 0 Å². The van der Waals surface area contributed by atoms with Crippen LogP contribution in [0.4, 0.5) is 0 Å². The first kappa shape index (κ1) is 13.9. The summed E-state index contributed by atoms with van der Waals surface area (Å²) < 4.78 is 1.06. The third-order valence-electron chi connectivity index (χ3n) is 3.27. The Morgan fingerprint density at radius 2 is 1.94 bits per heavy atom. The number of carbonyl (C=O) groups is 1. The summed E-state index contributed by atoms with van der Waals surface area (Å²) in [7, 11) is 0. The lowest BCUT2D eigenvalue weighted by molar-refractivity contribution is -0.129. The van der Waals surface area contributed by atoms with Crippen LogP contribution in [0.25, 0.3) is 0 Å². The summed E-state index contributed by atoms with van der Waals surface area (Å²) in [6, 6.07) is 3.94. The molecule has 1 aromatic heterocycles. The Morgan fingerprint density at radius 1 is 1.38 bits per heavy atom. The molecule has 0 atom stereocenters. The number of hydrogen-bond donors (Lipinski definition) is 1. The lowest BCUT2D eigenvalue weighted by Crippen LogP contribution is -2.52. The van der Waals surface area contributed by atoms with E-state index in [-0.39, 0.29) is 5.78 Å². The fraction of sp³-hybridized carbons (Fsp3) is 0.583. The molecule has 0 aromatic carbocycles. The van der Waals surface area contributed by atoms with Gasteiger partial charge in [0.15, 0.2) is 0 Å². The number of rotatable bonds is 4. The number of thiophene rings is 1. The lowest BCUT2D eigenvalue weighted by Gasteiger charge is -2.37. The van der Waals surface area contributed by atoms with Gasteiger partial charge in [0.1, 0.15) is 5.78 Å². The molecule has 1 rings (SSSR count). The highest BCUT2D eigenvalue weighted by atomic mass is 79.9. The van der Waals surface area contributed by atoms with E-state index in [9.17, 15) is 4.79 Å². The van der Waals surface area contributed by atoms with Crippen molar-refractivity contribution >= 4 is 33.0 Å². The first-order valence-corrected chi connectivity index (χ1v) is 6.82. The molecule has 0 spiro atoms. The van der Waals surface area contributed by atoms with Crippen molar-refractivity contribution in [3.8, 4) is 0 Å². The van der Waals surface area contributed by atoms with Gasteiger partial charge in [0.2, 0.25) is 0 Å². The Kier molecular flexibility index (Phi) is 3.98. The van der Waals surface area contributed by atoms with Crippen LogP contribution in [0.5, 0.6) is 0 Å². The molecule has 0 saturated heterocycles. The van der Waals surface area contributed by atoms with Crippen molar-refractivity contribution in [2.45, 2.75) is 39.7 Å². The van der Waals surface area contributed by atoms with E-state index >= 15 is 0 Å². The molecule has 1 heterocycles. The number of halogens is 1. The Labute approximate surface area is 109 Å². The van der Waals surface area contributed by atoms with Crippen LogP contribution in [0.3, 0.4) is 0 Å². The predicted octanol–water partition coefficient (Wildman–Crippen LogP) is 3.39. The molecule has 16 heavy (non-hydrogen) atoms. The van der Waals surface area contributed by atoms with Gasteiger partial charge in [-0.1, -0.05) is 13.8 Å². The van der Waals surface area contributed by atoms with Crippen LogP contribution >= 0.6 is 27.3 Å². The van der Waals surface area contributed by atoms with E-state index < -0.39 is 11.0 Å². The molecule has 2 nitrogen and oxygen atoms in total. The molecule has 0 fully saturated rings. The van der Waals surface area contributed by atoms with Crippen LogP contribution in [-0.2, 0) is 11.2 Å². The van der Waals surface area contributed by atoms with Crippen molar-refractivity contribution in [3.05, 3.63) is 20.8 Å². The van der Waals surface area contributed by atoms with Crippen molar-refractivity contribution in [1.82, 2.24) is 0 Å². The minimum atomic E-state index is -0.510. The van der Waals surface area contributed by atoms with E-state index in [0.717, 1.165) is 8.66 Å². The summed E-state index contributed by atoms with van der Waals surface area (Å²) in [5.41, 5.74) is 5.03. The molecular weight excluding hydrogens is 286 g/mol. The minimum absolute atomic E-state index is 0.189. The Morgan fingerprint density at radius 3 is 2.31 bits per heavy atom. The molecule has 0 aliphatic carbocycles. The molecular formula is C12H18BrNOS. The quantitative estimate of drug-likeness (QED) is 0.926. The van der Waals surface area contributed by atoms with Crippen LogP contribution in [0, 0.1) is 5.41 Å². The summed E-state index contributed by atoms with van der Waals surface area (Å²) >= 11 is 4.99. The standard InChI is InChI=1S/C12H18BrNOS/c1-11(2,12(3,4)14)9(15)7-8-5-6-10(13)16-8/h5-6H,7,14H2,1-4H3. The normalized spacial score (nSPS) is 12.9. The van der Waals surface area contributed by atoms with Gasteiger partial charge in [-0.25, -0.2) is 0 Å². The van der Waals surface area contributed by atoms with Gasteiger partial charge in [0.05, 0.1) is 3.79 Å². The Balaban J connectivity index is 2.80. The van der Waals surface area contributed by atoms with Crippen molar-refractivity contribution in [2.24, 2.45) is 11.1 Å². The summed E-state index contributed by atoms with van der Waals surface area (Å²) in [6.45, 7) is 7.63. The first-order valence-electron chi connectivity index (χ1n) is 5.21. The van der Waals surface area contributed by atoms with Crippen molar-refractivity contribution < 1.29 is 4.79 Å². The van der Waals surface area contributed by atoms with Gasteiger partial charge in [-0.05, 0) is 41.9 Å². The molecule has 0 aliphatic heterocycles. The van der Waals surface area contributed by atoms with Crippen molar-refractivity contribution in [2.75, 3.05) is 0 Å². The van der Waals surface area contributed by atoms with Crippen molar-refractivity contribution in [3.63, 3.8) is 0 Å². The van der Waals surface area contributed by atoms with Crippen LogP contribution in [-0.4, -0.2) is 11.3 Å². The molecule has 0 radical (unpaired) electrons. The maximum absolute atomic E-state index is 12.2. The summed E-state index contributed by atoms with van der Waals surface area (Å²) in [6.07, 6.45) is 0.462. The second-order valence-corrected chi connectivity index (χ2v) is 7.70. The number of carbonyl (C=O) groups excluding carboxylic acids is 1. The SMILES string of the molecule is CC(C)(N)C(C)(C)C(=O)Cc1ccc(Br)s1. The molecule has 90 valence electrons. The topological polar surface area (TPSA) is 43.1 Å². The van der Waals surface area contributed by atoms with E-state index in [0.29, 0.717) is 6.42 Å². The molecule has 0 aliphatic rings. The van der Waals surface area contributed by atoms with Gasteiger partial charge >= 0.3 is 0 Å². The minimum Gasteiger partial charge on any atom is -0.325 e. The van der Waals surface area contributed by atoms with Gasteiger partial charge in [-0.15, -0.1) is 11.3 Å². The van der Waals surface area contributed by atoms with Gasteiger partial charge in [-0.3, -0.25) is 4.79 Å².